The molecular formula is C29H23F3N4O4S. The molecule has 210 valence electrons. The van der Waals surface area contributed by atoms with E-state index >= 15 is 0 Å². The zero-order valence-electron chi connectivity index (χ0n) is 21.5. The molecule has 3 aromatic carbocycles. The van der Waals surface area contributed by atoms with E-state index in [0.717, 1.165) is 34.5 Å². The number of imidazole rings is 1. The van der Waals surface area contributed by atoms with Gasteiger partial charge in [0.15, 0.2) is 9.84 Å². The average Bonchev–Trinajstić information content (AvgIpc) is 3.35. The second-order valence-electron chi connectivity index (χ2n) is 9.13. The normalized spacial score (nSPS) is 11.8. The molecule has 0 spiro atoms. The van der Waals surface area contributed by atoms with Gasteiger partial charge in [0.2, 0.25) is 0 Å². The Morgan fingerprint density at radius 1 is 0.951 bits per heavy atom. The lowest BCUT2D eigenvalue weighted by atomic mass is 10.1. The van der Waals surface area contributed by atoms with Crippen molar-refractivity contribution in [1.29, 1.82) is 0 Å². The number of benzene rings is 3. The van der Waals surface area contributed by atoms with Crippen molar-refractivity contribution in [2.45, 2.75) is 17.8 Å². The van der Waals surface area contributed by atoms with Gasteiger partial charge in [-0.25, -0.2) is 18.2 Å². The third-order valence-electron chi connectivity index (χ3n) is 6.16. The highest BCUT2D eigenvalue weighted by Gasteiger charge is 2.31. The van der Waals surface area contributed by atoms with Crippen LogP contribution in [0.25, 0.3) is 28.0 Å². The van der Waals surface area contributed by atoms with Crippen molar-refractivity contribution in [2.24, 2.45) is 0 Å². The smallest absolute Gasteiger partial charge is 0.406 e. The minimum Gasteiger partial charge on any atom is -0.406 e. The molecule has 5 rings (SSSR count). The van der Waals surface area contributed by atoms with Crippen LogP contribution in [0.1, 0.15) is 5.56 Å². The summed E-state index contributed by atoms with van der Waals surface area (Å²) >= 11 is 0. The Balaban J connectivity index is 1.24. The molecule has 41 heavy (non-hydrogen) atoms. The summed E-state index contributed by atoms with van der Waals surface area (Å²) in [6.07, 6.45) is -0.0333. The van der Waals surface area contributed by atoms with Gasteiger partial charge in [0.1, 0.15) is 11.4 Å². The molecule has 2 N–H and O–H groups in total. The summed E-state index contributed by atoms with van der Waals surface area (Å²) in [5.41, 5.74) is 4.85. The highest BCUT2D eigenvalue weighted by atomic mass is 32.2. The number of nitrogens with one attached hydrogen (secondary N) is 2. The number of amides is 2. The molecule has 0 atom stereocenters. The van der Waals surface area contributed by atoms with Crippen LogP contribution < -0.4 is 15.4 Å². The number of fused-ring (bicyclic) bond motifs is 1. The maximum atomic E-state index is 12.3. The molecule has 12 heteroatoms. The number of hydrogen-bond donors (Lipinski definition) is 2. The van der Waals surface area contributed by atoms with Crippen LogP contribution in [0.15, 0.2) is 102 Å². The quantitative estimate of drug-likeness (QED) is 0.236. The van der Waals surface area contributed by atoms with E-state index in [1.165, 1.54) is 18.4 Å². The molecule has 0 fully saturated rings. The molecule has 0 unspecified atom stereocenters. The van der Waals surface area contributed by atoms with Gasteiger partial charge >= 0.3 is 12.4 Å². The third kappa shape index (κ3) is 6.67. The monoisotopic (exact) mass is 580 g/mol. The third-order valence-corrected chi connectivity index (χ3v) is 7.31. The van der Waals surface area contributed by atoms with Crippen molar-refractivity contribution < 1.29 is 31.1 Å². The fourth-order valence-electron chi connectivity index (χ4n) is 4.28. The number of alkyl halides is 3. The van der Waals surface area contributed by atoms with E-state index in [-0.39, 0.29) is 17.2 Å². The van der Waals surface area contributed by atoms with Crippen molar-refractivity contribution in [1.82, 2.24) is 14.7 Å². The van der Waals surface area contributed by atoms with E-state index in [1.807, 2.05) is 47.0 Å². The van der Waals surface area contributed by atoms with Crippen LogP contribution in [0, 0.1) is 0 Å². The van der Waals surface area contributed by atoms with Gasteiger partial charge in [-0.1, -0.05) is 42.5 Å². The van der Waals surface area contributed by atoms with Crippen LogP contribution in [0.2, 0.25) is 0 Å². The number of aromatic nitrogens is 2. The number of pyridine rings is 1. The summed E-state index contributed by atoms with van der Waals surface area (Å²) in [5.74, 6) is -0.382. The Morgan fingerprint density at radius 3 is 2.34 bits per heavy atom. The minimum absolute atomic E-state index is 0.220. The molecule has 0 aliphatic heterocycles. The van der Waals surface area contributed by atoms with E-state index < -0.39 is 22.2 Å². The van der Waals surface area contributed by atoms with Crippen LogP contribution in [0.3, 0.4) is 0 Å². The second-order valence-corrected chi connectivity index (χ2v) is 11.1. The fraction of sp³-hybridized carbons (Fsp3) is 0.103. The summed E-state index contributed by atoms with van der Waals surface area (Å²) in [5, 5.41) is 5.25. The minimum atomic E-state index is -4.79. The molecule has 5 aromatic rings. The molecule has 2 heterocycles. The topological polar surface area (TPSA) is 102 Å². The number of hydrogen-bond acceptors (Lipinski definition) is 5. The Kier molecular flexibility index (Phi) is 7.41. The average molecular weight is 581 g/mol. The van der Waals surface area contributed by atoms with E-state index in [2.05, 4.69) is 20.4 Å². The first-order chi connectivity index (χ1) is 19.5. The first-order valence-electron chi connectivity index (χ1n) is 12.2. The maximum absolute atomic E-state index is 12.3. The number of nitrogens with zero attached hydrogens (tertiary/aromatic N) is 2. The molecule has 0 aliphatic rings. The van der Waals surface area contributed by atoms with E-state index in [1.54, 1.807) is 30.5 Å². The van der Waals surface area contributed by atoms with Crippen molar-refractivity contribution in [3.05, 3.63) is 103 Å². The number of carbonyl (C=O) groups excluding carboxylic acids is 1. The second kappa shape index (κ2) is 11.0. The van der Waals surface area contributed by atoms with Crippen molar-refractivity contribution >= 4 is 27.2 Å². The SMILES string of the molecule is CS(=O)(=O)c1ccccc1-c1ccn2c(-c3ccc(CNC(=O)Nc4ccc(OC(F)(F)F)cc4)cc3)cnc2c1. The molecule has 2 amide bonds. The predicted molar refractivity (Wildman–Crippen MR) is 148 cm³/mol. The molecule has 0 saturated heterocycles. The molecule has 0 radical (unpaired) electrons. The predicted octanol–water partition coefficient (Wildman–Crippen LogP) is 6.29. The number of halogens is 3. The number of rotatable bonds is 7. The Hall–Kier alpha value is -4.84. The Labute approximate surface area is 233 Å². The fourth-order valence-corrected chi connectivity index (χ4v) is 5.19. The molecule has 2 aromatic heterocycles. The van der Waals surface area contributed by atoms with Crippen LogP contribution >= 0.6 is 0 Å². The lowest BCUT2D eigenvalue weighted by Gasteiger charge is -2.11. The van der Waals surface area contributed by atoms with Gasteiger partial charge in [-0.3, -0.25) is 4.40 Å². The first-order valence-corrected chi connectivity index (χ1v) is 14.1. The van der Waals surface area contributed by atoms with Gasteiger partial charge in [-0.15, -0.1) is 13.2 Å². The number of sulfone groups is 1. The zero-order chi connectivity index (χ0) is 29.2. The number of urea groups is 1. The van der Waals surface area contributed by atoms with Crippen LogP contribution in [-0.4, -0.2) is 36.5 Å². The lowest BCUT2D eigenvalue weighted by molar-refractivity contribution is -0.274. The summed E-state index contributed by atoms with van der Waals surface area (Å²) in [6.45, 7) is 0.220. The summed E-state index contributed by atoms with van der Waals surface area (Å²) in [7, 11) is -3.41. The summed E-state index contributed by atoms with van der Waals surface area (Å²) in [4.78, 5) is 17.0. The van der Waals surface area contributed by atoms with Gasteiger partial charge in [0.05, 0.1) is 16.8 Å². The maximum Gasteiger partial charge on any atom is 0.573 e. The lowest BCUT2D eigenvalue weighted by Crippen LogP contribution is -2.28. The number of carbonyl (C=O) groups is 1. The van der Waals surface area contributed by atoms with Gasteiger partial charge in [-0.2, -0.15) is 0 Å². The van der Waals surface area contributed by atoms with Crippen molar-refractivity contribution in [3.8, 4) is 28.1 Å². The van der Waals surface area contributed by atoms with E-state index in [9.17, 15) is 26.4 Å². The summed E-state index contributed by atoms with van der Waals surface area (Å²) in [6, 6.07) is 22.3. The largest absolute Gasteiger partial charge is 0.573 e. The van der Waals surface area contributed by atoms with Gasteiger partial charge in [-0.05, 0) is 53.6 Å². The van der Waals surface area contributed by atoms with E-state index in [0.29, 0.717) is 16.9 Å². The van der Waals surface area contributed by atoms with Gasteiger partial charge in [0.25, 0.3) is 0 Å². The highest BCUT2D eigenvalue weighted by molar-refractivity contribution is 7.90. The molecular weight excluding hydrogens is 557 g/mol. The Bertz CT molecular complexity index is 1820. The van der Waals surface area contributed by atoms with E-state index in [4.69, 9.17) is 0 Å². The van der Waals surface area contributed by atoms with Gasteiger partial charge in [0, 0.05) is 35.8 Å². The number of anilines is 1. The first kappa shape index (κ1) is 27.7. The van der Waals surface area contributed by atoms with Crippen molar-refractivity contribution in [2.75, 3.05) is 11.6 Å². The number of ether oxygens (including phenoxy) is 1. The molecule has 0 bridgehead atoms. The highest BCUT2D eigenvalue weighted by Crippen LogP contribution is 2.30. The zero-order valence-corrected chi connectivity index (χ0v) is 22.3. The van der Waals surface area contributed by atoms with Crippen molar-refractivity contribution in [3.63, 3.8) is 0 Å². The molecule has 0 saturated carbocycles. The standard InChI is InChI=1S/C29H23F3N4O4S/c1-41(38,39)26-5-3-2-4-24(26)21-14-15-36-25(18-33-27(36)16-21)20-8-6-19(7-9-20)17-34-28(37)35-22-10-12-23(13-11-22)40-29(30,31)32/h2-16,18H,17H2,1H3,(H2,34,35,37). The van der Waals surface area contributed by atoms with Crippen LogP contribution in [0.5, 0.6) is 5.75 Å². The molecule has 8 nitrogen and oxygen atoms in total. The van der Waals surface area contributed by atoms with Crippen LogP contribution in [0.4, 0.5) is 23.7 Å². The van der Waals surface area contributed by atoms with Gasteiger partial charge < -0.3 is 15.4 Å². The molecule has 0 aliphatic carbocycles. The van der Waals surface area contributed by atoms with Crippen LogP contribution in [-0.2, 0) is 16.4 Å². The summed E-state index contributed by atoms with van der Waals surface area (Å²) < 4.78 is 67.0. The Morgan fingerprint density at radius 2 is 1.66 bits per heavy atom.